The molecule has 0 aliphatic rings. The summed E-state index contributed by atoms with van der Waals surface area (Å²) in [6, 6.07) is 11.7. The quantitative estimate of drug-likeness (QED) is 0.754. The topological polar surface area (TPSA) is 118 Å². The van der Waals surface area contributed by atoms with Crippen molar-refractivity contribution in [1.29, 1.82) is 0 Å². The zero-order valence-electron chi connectivity index (χ0n) is 12.2. The molecule has 0 unspecified atom stereocenters. The molecule has 0 saturated carbocycles. The molecular formula is C15H15N3O4S. The molecule has 0 saturated heterocycles. The molecule has 0 fully saturated rings. The van der Waals surface area contributed by atoms with E-state index >= 15 is 0 Å². The van der Waals surface area contributed by atoms with Crippen molar-refractivity contribution >= 4 is 27.5 Å². The molecule has 0 aliphatic carbocycles. The number of amides is 2. The minimum atomic E-state index is -3.55. The van der Waals surface area contributed by atoms with Crippen molar-refractivity contribution in [3.8, 4) is 0 Å². The molecule has 2 rings (SSSR count). The van der Waals surface area contributed by atoms with Gasteiger partial charge in [-0.05, 0) is 49.5 Å². The second-order valence-electron chi connectivity index (χ2n) is 4.63. The van der Waals surface area contributed by atoms with E-state index in [9.17, 15) is 18.0 Å². The molecule has 0 aromatic heterocycles. The van der Waals surface area contributed by atoms with Gasteiger partial charge in [0.2, 0.25) is 15.9 Å². The first kappa shape index (κ1) is 16.7. The van der Waals surface area contributed by atoms with Gasteiger partial charge in [0.15, 0.2) is 0 Å². The predicted octanol–water partition coefficient (Wildman–Crippen LogP) is 0.946. The van der Waals surface area contributed by atoms with Gasteiger partial charge in [0.1, 0.15) is 0 Å². The molecule has 2 aromatic carbocycles. The first-order valence-corrected chi connectivity index (χ1v) is 8.06. The van der Waals surface area contributed by atoms with Gasteiger partial charge in [-0.15, -0.1) is 0 Å². The third-order valence-electron chi connectivity index (χ3n) is 3.10. The zero-order chi connectivity index (χ0) is 17.0. The van der Waals surface area contributed by atoms with E-state index in [1.54, 1.807) is 12.1 Å². The Morgan fingerprint density at radius 2 is 1.65 bits per heavy atom. The van der Waals surface area contributed by atoms with E-state index in [4.69, 9.17) is 5.73 Å². The van der Waals surface area contributed by atoms with E-state index in [-0.39, 0.29) is 16.0 Å². The van der Waals surface area contributed by atoms with Crippen LogP contribution in [0, 0.1) is 0 Å². The number of rotatable bonds is 5. The van der Waals surface area contributed by atoms with Crippen molar-refractivity contribution in [1.82, 2.24) is 4.72 Å². The Hall–Kier alpha value is -2.71. The lowest BCUT2D eigenvalue weighted by Crippen LogP contribution is -2.19. The molecule has 0 aliphatic heterocycles. The molecule has 0 radical (unpaired) electrons. The summed E-state index contributed by atoms with van der Waals surface area (Å²) in [5.41, 5.74) is 6.15. The first-order chi connectivity index (χ1) is 10.8. The van der Waals surface area contributed by atoms with Crippen molar-refractivity contribution in [3.05, 3.63) is 59.7 Å². The van der Waals surface area contributed by atoms with Crippen molar-refractivity contribution in [2.45, 2.75) is 4.90 Å². The van der Waals surface area contributed by atoms with Crippen molar-refractivity contribution in [2.24, 2.45) is 5.73 Å². The first-order valence-electron chi connectivity index (χ1n) is 6.58. The number of benzene rings is 2. The van der Waals surface area contributed by atoms with Crippen LogP contribution in [0.4, 0.5) is 5.69 Å². The number of nitrogens with one attached hydrogen (secondary N) is 2. The van der Waals surface area contributed by atoms with E-state index in [0.29, 0.717) is 5.69 Å². The number of primary amides is 1. The van der Waals surface area contributed by atoms with Gasteiger partial charge in [0.25, 0.3) is 5.91 Å². The van der Waals surface area contributed by atoms with E-state index < -0.39 is 21.8 Å². The van der Waals surface area contributed by atoms with E-state index in [1.165, 1.54) is 43.4 Å². The van der Waals surface area contributed by atoms with E-state index in [0.717, 1.165) is 0 Å². The Labute approximate surface area is 133 Å². The summed E-state index contributed by atoms with van der Waals surface area (Å²) in [5, 5.41) is 2.61. The molecule has 0 bridgehead atoms. The summed E-state index contributed by atoms with van der Waals surface area (Å²) < 4.78 is 25.4. The monoisotopic (exact) mass is 333 g/mol. The fraction of sp³-hybridized carbons (Fsp3) is 0.0667. The molecule has 7 nitrogen and oxygen atoms in total. The maximum Gasteiger partial charge on any atom is 0.255 e. The summed E-state index contributed by atoms with van der Waals surface area (Å²) in [7, 11) is -2.24. The van der Waals surface area contributed by atoms with E-state index in [2.05, 4.69) is 10.0 Å². The Morgan fingerprint density at radius 3 is 2.22 bits per heavy atom. The molecule has 0 spiro atoms. The number of nitrogens with two attached hydrogens (primary N) is 1. The maximum atomic E-state index is 12.1. The van der Waals surface area contributed by atoms with Gasteiger partial charge in [-0.25, -0.2) is 13.1 Å². The van der Waals surface area contributed by atoms with Gasteiger partial charge >= 0.3 is 0 Å². The van der Waals surface area contributed by atoms with Crippen molar-refractivity contribution < 1.29 is 18.0 Å². The van der Waals surface area contributed by atoms with Crippen molar-refractivity contribution in [2.75, 3.05) is 12.4 Å². The number of carbonyl (C=O) groups excluding carboxylic acids is 2. The lowest BCUT2D eigenvalue weighted by molar-refractivity contribution is 0.0996. The Bertz CT molecular complexity index is 845. The normalized spacial score (nSPS) is 11.0. The van der Waals surface area contributed by atoms with Gasteiger partial charge in [-0.1, -0.05) is 6.07 Å². The van der Waals surface area contributed by atoms with Crippen LogP contribution in [-0.2, 0) is 10.0 Å². The Balaban J connectivity index is 2.18. The number of hydrogen-bond acceptors (Lipinski definition) is 4. The number of hydrogen-bond donors (Lipinski definition) is 3. The van der Waals surface area contributed by atoms with Gasteiger partial charge in [-0.2, -0.15) is 0 Å². The van der Waals surface area contributed by atoms with Crippen LogP contribution in [0.5, 0.6) is 0 Å². The average molecular weight is 333 g/mol. The van der Waals surface area contributed by atoms with Crippen LogP contribution in [0.15, 0.2) is 53.4 Å². The molecule has 2 aromatic rings. The highest BCUT2D eigenvalue weighted by Gasteiger charge is 2.13. The Morgan fingerprint density at radius 1 is 1.00 bits per heavy atom. The van der Waals surface area contributed by atoms with Crippen LogP contribution < -0.4 is 15.8 Å². The number of carbonyl (C=O) groups is 2. The molecule has 120 valence electrons. The highest BCUT2D eigenvalue weighted by Crippen LogP contribution is 2.14. The summed E-state index contributed by atoms with van der Waals surface area (Å²) in [6.45, 7) is 0. The van der Waals surface area contributed by atoms with Crippen LogP contribution in [0.3, 0.4) is 0 Å². The standard InChI is InChI=1S/C15H15N3O4S/c1-17-23(21,22)13-7-5-10(6-8-13)15(20)18-12-4-2-3-11(9-12)14(16)19/h2-9,17H,1H3,(H2,16,19)(H,18,20). The van der Waals surface area contributed by atoms with Crippen LogP contribution in [0.1, 0.15) is 20.7 Å². The third kappa shape index (κ3) is 3.93. The molecule has 8 heteroatoms. The molecule has 0 heterocycles. The largest absolute Gasteiger partial charge is 0.366 e. The number of anilines is 1. The third-order valence-corrected chi connectivity index (χ3v) is 4.53. The van der Waals surface area contributed by atoms with Gasteiger partial charge in [-0.3, -0.25) is 9.59 Å². The molecule has 23 heavy (non-hydrogen) atoms. The minimum Gasteiger partial charge on any atom is -0.366 e. The molecular weight excluding hydrogens is 318 g/mol. The highest BCUT2D eigenvalue weighted by molar-refractivity contribution is 7.89. The second-order valence-corrected chi connectivity index (χ2v) is 6.52. The van der Waals surface area contributed by atoms with Gasteiger partial charge in [0, 0.05) is 16.8 Å². The summed E-state index contributed by atoms with van der Waals surface area (Å²) in [5.74, 6) is -1.03. The summed E-state index contributed by atoms with van der Waals surface area (Å²) in [6.07, 6.45) is 0. The van der Waals surface area contributed by atoms with Crippen molar-refractivity contribution in [3.63, 3.8) is 0 Å². The van der Waals surface area contributed by atoms with Crippen LogP contribution in [0.2, 0.25) is 0 Å². The summed E-state index contributed by atoms with van der Waals surface area (Å²) in [4.78, 5) is 23.3. The lowest BCUT2D eigenvalue weighted by Gasteiger charge is -2.07. The lowest BCUT2D eigenvalue weighted by atomic mass is 10.1. The number of sulfonamides is 1. The van der Waals surface area contributed by atoms with Crippen LogP contribution >= 0.6 is 0 Å². The average Bonchev–Trinajstić information content (AvgIpc) is 2.55. The fourth-order valence-electron chi connectivity index (χ4n) is 1.86. The van der Waals surface area contributed by atoms with Crippen LogP contribution in [-0.4, -0.2) is 27.3 Å². The fourth-order valence-corrected chi connectivity index (χ4v) is 2.59. The predicted molar refractivity (Wildman–Crippen MR) is 85.6 cm³/mol. The Kier molecular flexibility index (Phi) is 4.77. The smallest absolute Gasteiger partial charge is 0.255 e. The van der Waals surface area contributed by atoms with Gasteiger partial charge < -0.3 is 11.1 Å². The second kappa shape index (κ2) is 6.59. The summed E-state index contributed by atoms with van der Waals surface area (Å²) >= 11 is 0. The van der Waals surface area contributed by atoms with E-state index in [1.807, 2.05) is 0 Å². The van der Waals surface area contributed by atoms with Crippen LogP contribution in [0.25, 0.3) is 0 Å². The zero-order valence-corrected chi connectivity index (χ0v) is 13.1. The molecule has 2 amide bonds. The maximum absolute atomic E-state index is 12.1. The SMILES string of the molecule is CNS(=O)(=O)c1ccc(C(=O)Nc2cccc(C(N)=O)c2)cc1. The molecule has 4 N–H and O–H groups in total. The van der Waals surface area contributed by atoms with Gasteiger partial charge in [0.05, 0.1) is 4.90 Å². The minimum absolute atomic E-state index is 0.0623. The highest BCUT2D eigenvalue weighted by atomic mass is 32.2. The molecule has 0 atom stereocenters.